The number of hydrogen-bond donors (Lipinski definition) is 0. The summed E-state index contributed by atoms with van der Waals surface area (Å²) in [4.78, 5) is 2.37. The molecule has 0 saturated carbocycles. The Labute approximate surface area is 334 Å². The van der Waals surface area contributed by atoms with Gasteiger partial charge in [0.2, 0.25) is 5.75 Å². The number of ether oxygens (including phenoxy) is 7. The molecule has 1 unspecified atom stereocenters. The van der Waals surface area contributed by atoms with Gasteiger partial charge in [-0.15, -0.1) is 0 Å². The first-order chi connectivity index (χ1) is 27.8. The molecule has 1 fully saturated rings. The third-order valence-corrected chi connectivity index (χ3v) is 12.0. The van der Waals surface area contributed by atoms with Crippen LogP contribution in [0.25, 0.3) is 39.1 Å². The van der Waals surface area contributed by atoms with Gasteiger partial charge in [0.15, 0.2) is 17.1 Å². The maximum atomic E-state index is 7.66. The van der Waals surface area contributed by atoms with Gasteiger partial charge in [-0.1, -0.05) is 68.5 Å². The van der Waals surface area contributed by atoms with Crippen molar-refractivity contribution in [3.63, 3.8) is 0 Å². The predicted octanol–water partition coefficient (Wildman–Crippen LogP) is 10.0. The lowest BCUT2D eigenvalue weighted by Crippen LogP contribution is -2.37. The zero-order valence-electron chi connectivity index (χ0n) is 33.5. The topological polar surface area (TPSA) is 67.9 Å². The Morgan fingerprint density at radius 3 is 1.91 bits per heavy atom. The molecule has 2 heterocycles. The number of benzene rings is 6. The first kappa shape index (κ1) is 36.5. The van der Waals surface area contributed by atoms with Gasteiger partial charge in [-0.2, -0.15) is 0 Å². The molecule has 1 saturated heterocycles. The summed E-state index contributed by atoms with van der Waals surface area (Å²) >= 11 is 0. The van der Waals surface area contributed by atoms with Crippen LogP contribution in [-0.2, 0) is 15.8 Å². The molecular formula is C49H47NO7. The molecule has 9 rings (SSSR count). The summed E-state index contributed by atoms with van der Waals surface area (Å²) in [5.41, 5.74) is 9.64. The molecule has 0 spiro atoms. The lowest BCUT2D eigenvalue weighted by Gasteiger charge is -2.39. The summed E-state index contributed by atoms with van der Waals surface area (Å²) in [5, 5.41) is 2.02. The van der Waals surface area contributed by atoms with E-state index in [9.17, 15) is 0 Å². The number of anilines is 1. The maximum absolute atomic E-state index is 7.66. The second kappa shape index (κ2) is 14.1. The predicted molar refractivity (Wildman–Crippen MR) is 226 cm³/mol. The summed E-state index contributed by atoms with van der Waals surface area (Å²) < 4.78 is 42.4. The highest BCUT2D eigenvalue weighted by atomic mass is 16.5. The molecule has 0 radical (unpaired) electrons. The third-order valence-electron chi connectivity index (χ3n) is 12.0. The van der Waals surface area contributed by atoms with Crippen LogP contribution in [0.4, 0.5) is 5.69 Å². The van der Waals surface area contributed by atoms with E-state index in [0.717, 1.165) is 76.4 Å². The SMILES string of the molecule is COc1ccc(C2(c3ccc(N4CCOCC4)cc3)C=Cc3c4c(c5cc(-c6cc(OC)c(OC)c(OC)c6)c(OC)cc5c3O2)-c2ccccc2C4(C)C)cc1. The number of morpholine rings is 1. The molecule has 6 aromatic carbocycles. The van der Waals surface area contributed by atoms with Crippen LogP contribution in [0.5, 0.6) is 34.5 Å². The Hall–Kier alpha value is -6.12. The van der Waals surface area contributed by atoms with Crippen molar-refractivity contribution in [2.75, 3.05) is 66.8 Å². The Balaban J connectivity index is 1.32. The van der Waals surface area contributed by atoms with E-state index in [-0.39, 0.29) is 5.41 Å². The number of fused-ring (bicyclic) bond motifs is 8. The number of hydrogen-bond acceptors (Lipinski definition) is 8. The molecule has 0 N–H and O–H groups in total. The van der Waals surface area contributed by atoms with Gasteiger partial charge in [0.25, 0.3) is 0 Å². The molecular weight excluding hydrogens is 715 g/mol. The number of nitrogens with zero attached hydrogens (tertiary/aromatic N) is 1. The largest absolute Gasteiger partial charge is 0.497 e. The molecule has 2 aliphatic heterocycles. The zero-order chi connectivity index (χ0) is 39.5. The third kappa shape index (κ3) is 5.68. The van der Waals surface area contributed by atoms with Gasteiger partial charge in [-0.25, -0.2) is 0 Å². The fourth-order valence-electron chi connectivity index (χ4n) is 9.16. The minimum absolute atomic E-state index is 0.315. The van der Waals surface area contributed by atoms with E-state index in [4.69, 9.17) is 33.2 Å². The lowest BCUT2D eigenvalue weighted by molar-refractivity contribution is 0.122. The highest BCUT2D eigenvalue weighted by Gasteiger charge is 2.44. The lowest BCUT2D eigenvalue weighted by atomic mass is 9.76. The fraction of sp³-hybridized carbons (Fsp3) is 0.265. The molecule has 8 nitrogen and oxygen atoms in total. The van der Waals surface area contributed by atoms with Crippen LogP contribution in [0.3, 0.4) is 0 Å². The van der Waals surface area contributed by atoms with Crippen LogP contribution in [0.15, 0.2) is 103 Å². The van der Waals surface area contributed by atoms with Gasteiger partial charge >= 0.3 is 0 Å². The summed E-state index contributed by atoms with van der Waals surface area (Å²) in [6, 6.07) is 34.0. The summed E-state index contributed by atoms with van der Waals surface area (Å²) in [6.45, 7) is 7.81. The first-order valence-electron chi connectivity index (χ1n) is 19.3. The average Bonchev–Trinajstić information content (AvgIpc) is 3.51. The van der Waals surface area contributed by atoms with Crippen LogP contribution < -0.4 is 33.3 Å². The van der Waals surface area contributed by atoms with E-state index in [0.29, 0.717) is 23.0 Å². The van der Waals surface area contributed by atoms with Crippen LogP contribution in [0, 0.1) is 0 Å². The van der Waals surface area contributed by atoms with E-state index in [2.05, 4.69) is 104 Å². The van der Waals surface area contributed by atoms with E-state index in [1.54, 1.807) is 35.5 Å². The van der Waals surface area contributed by atoms with Gasteiger partial charge in [-0.3, -0.25) is 0 Å². The molecule has 0 bridgehead atoms. The molecule has 6 aromatic rings. The van der Waals surface area contributed by atoms with Gasteiger partial charge in [0.1, 0.15) is 17.2 Å². The van der Waals surface area contributed by atoms with E-state index >= 15 is 0 Å². The second-order valence-corrected chi connectivity index (χ2v) is 15.2. The number of methoxy groups -OCH3 is 5. The van der Waals surface area contributed by atoms with Crippen molar-refractivity contribution in [1.29, 1.82) is 0 Å². The van der Waals surface area contributed by atoms with E-state index in [1.807, 2.05) is 24.3 Å². The molecule has 0 amide bonds. The Bertz CT molecular complexity index is 2510. The Morgan fingerprint density at radius 1 is 0.632 bits per heavy atom. The summed E-state index contributed by atoms with van der Waals surface area (Å²) in [7, 11) is 8.27. The molecule has 1 aliphatic carbocycles. The van der Waals surface area contributed by atoms with Crippen molar-refractivity contribution in [3.8, 4) is 56.8 Å². The monoisotopic (exact) mass is 761 g/mol. The van der Waals surface area contributed by atoms with Gasteiger partial charge < -0.3 is 38.1 Å². The van der Waals surface area contributed by atoms with Crippen molar-refractivity contribution in [1.82, 2.24) is 0 Å². The first-order valence-corrected chi connectivity index (χ1v) is 19.3. The molecule has 290 valence electrons. The number of rotatable bonds is 9. The van der Waals surface area contributed by atoms with Crippen LogP contribution in [0.1, 0.15) is 41.7 Å². The highest BCUT2D eigenvalue weighted by molar-refractivity contribution is 6.10. The minimum Gasteiger partial charge on any atom is -0.497 e. The molecule has 8 heteroatoms. The Kier molecular flexibility index (Phi) is 9.04. The van der Waals surface area contributed by atoms with Gasteiger partial charge in [-0.05, 0) is 87.8 Å². The van der Waals surface area contributed by atoms with Crippen molar-refractivity contribution in [3.05, 3.63) is 131 Å². The summed E-state index contributed by atoms with van der Waals surface area (Å²) in [5.74, 6) is 3.93. The van der Waals surface area contributed by atoms with Crippen molar-refractivity contribution in [2.45, 2.75) is 24.9 Å². The molecule has 0 aromatic heterocycles. The normalized spacial score (nSPS) is 17.6. The van der Waals surface area contributed by atoms with Crippen molar-refractivity contribution >= 4 is 22.5 Å². The van der Waals surface area contributed by atoms with E-state index in [1.165, 1.54) is 27.9 Å². The highest BCUT2D eigenvalue weighted by Crippen LogP contribution is 2.59. The second-order valence-electron chi connectivity index (χ2n) is 15.2. The maximum Gasteiger partial charge on any atom is 0.203 e. The van der Waals surface area contributed by atoms with Crippen molar-refractivity contribution < 1.29 is 33.2 Å². The van der Waals surface area contributed by atoms with Crippen LogP contribution in [-0.4, -0.2) is 61.9 Å². The smallest absolute Gasteiger partial charge is 0.203 e. The molecule has 1 atom stereocenters. The summed E-state index contributed by atoms with van der Waals surface area (Å²) in [6.07, 6.45) is 4.51. The molecule has 57 heavy (non-hydrogen) atoms. The van der Waals surface area contributed by atoms with E-state index < -0.39 is 5.60 Å². The van der Waals surface area contributed by atoms with Crippen LogP contribution in [0.2, 0.25) is 0 Å². The van der Waals surface area contributed by atoms with Crippen LogP contribution >= 0.6 is 0 Å². The quantitative estimate of drug-likeness (QED) is 0.144. The van der Waals surface area contributed by atoms with Crippen molar-refractivity contribution in [2.24, 2.45) is 0 Å². The van der Waals surface area contributed by atoms with Gasteiger partial charge in [0.05, 0.1) is 48.8 Å². The zero-order valence-corrected chi connectivity index (χ0v) is 33.5. The van der Waals surface area contributed by atoms with Gasteiger partial charge in [0, 0.05) is 51.8 Å². The molecule has 3 aliphatic rings. The standard InChI is InChI=1S/C49H47NO7/c1-48(2)40-11-9-8-10-35(40)44-38-28-37(30-26-42(53-5)47(55-7)43(27-30)54-6)41(52-4)29-39(38)46-36(45(44)48)20-21-49(57-46,32-14-18-34(51-3)19-15-32)31-12-16-33(17-13-31)50-22-24-56-25-23-50/h8-21,26-29H,22-25H2,1-7H3. The minimum atomic E-state index is -0.956. The fourth-order valence-corrected chi connectivity index (χ4v) is 9.16. The Morgan fingerprint density at radius 2 is 1.28 bits per heavy atom. The average molecular weight is 762 g/mol.